The number of nitrogens with zero attached hydrogens (tertiary/aromatic N) is 3. The summed E-state index contributed by atoms with van der Waals surface area (Å²) < 4.78 is 12.8. The predicted octanol–water partition coefficient (Wildman–Crippen LogP) is 5.46. The summed E-state index contributed by atoms with van der Waals surface area (Å²) in [5.74, 6) is 0.366. The third kappa shape index (κ3) is 4.34. The summed E-state index contributed by atoms with van der Waals surface area (Å²) in [4.78, 5) is 19.0. The summed E-state index contributed by atoms with van der Waals surface area (Å²) in [5, 5.41) is 4.11. The predicted molar refractivity (Wildman–Crippen MR) is 148 cm³/mol. The molecule has 0 amide bonds. The van der Waals surface area contributed by atoms with Crippen molar-refractivity contribution in [2.75, 3.05) is 19.1 Å². The Bertz CT molecular complexity index is 1470. The molecule has 1 aliphatic heterocycles. The molecule has 0 aliphatic carbocycles. The molecule has 1 fully saturated rings. The zero-order valence-corrected chi connectivity index (χ0v) is 22.0. The molecule has 0 spiro atoms. The molecule has 7 nitrogen and oxygen atoms in total. The smallest absolute Gasteiger partial charge is 0.337 e. The van der Waals surface area contributed by atoms with Crippen LogP contribution < -0.4 is 15.0 Å². The molecule has 2 atom stereocenters. The van der Waals surface area contributed by atoms with E-state index in [2.05, 4.69) is 39.7 Å². The number of anilines is 1. The van der Waals surface area contributed by atoms with Crippen LogP contribution in [0.3, 0.4) is 0 Å². The first kappa shape index (κ1) is 24.5. The molecule has 0 saturated carbocycles. The number of aryl methyl sites for hydroxylation is 1. The Morgan fingerprint density at radius 2 is 1.78 bits per heavy atom. The van der Waals surface area contributed by atoms with Crippen LogP contribution in [0.4, 0.5) is 5.69 Å². The molecule has 4 aromatic rings. The van der Waals surface area contributed by atoms with Gasteiger partial charge < -0.3 is 24.3 Å². The molecule has 2 aromatic heterocycles. The van der Waals surface area contributed by atoms with Crippen LogP contribution in [0.1, 0.15) is 45.1 Å². The minimum absolute atomic E-state index is 0.186. The number of esters is 1. The van der Waals surface area contributed by atoms with Gasteiger partial charge in [-0.1, -0.05) is 24.3 Å². The maximum absolute atomic E-state index is 12.2. The first-order valence-corrected chi connectivity index (χ1v) is 12.4. The molecule has 1 aliphatic rings. The van der Waals surface area contributed by atoms with Crippen LogP contribution in [-0.2, 0) is 4.74 Å². The van der Waals surface area contributed by atoms with E-state index in [0.717, 1.165) is 39.8 Å². The third-order valence-electron chi connectivity index (χ3n) is 6.76. The summed E-state index contributed by atoms with van der Waals surface area (Å²) in [6.45, 7) is 4.15. The van der Waals surface area contributed by atoms with E-state index >= 15 is 0 Å². The van der Waals surface area contributed by atoms with E-state index in [1.54, 1.807) is 19.4 Å². The Labute approximate surface area is 221 Å². The van der Waals surface area contributed by atoms with Crippen molar-refractivity contribution in [3.8, 4) is 11.4 Å². The number of carbonyl (C=O) groups excluding carboxylic acids is 1. The summed E-state index contributed by atoms with van der Waals surface area (Å²) in [6.07, 6.45) is 1.80. The van der Waals surface area contributed by atoms with Gasteiger partial charge in [0.1, 0.15) is 5.75 Å². The van der Waals surface area contributed by atoms with Gasteiger partial charge in [-0.3, -0.25) is 4.98 Å². The zero-order chi connectivity index (χ0) is 26.1. The number of methoxy groups -OCH3 is 2. The van der Waals surface area contributed by atoms with Crippen LogP contribution in [0.5, 0.6) is 5.75 Å². The van der Waals surface area contributed by atoms with Gasteiger partial charge in [-0.25, -0.2) is 4.79 Å². The number of aromatic nitrogens is 2. The lowest BCUT2D eigenvalue weighted by atomic mass is 9.96. The summed E-state index contributed by atoms with van der Waals surface area (Å²) in [6, 6.07) is 23.0. The first-order valence-electron chi connectivity index (χ1n) is 12.0. The Hall–Kier alpha value is -4.17. The third-order valence-corrected chi connectivity index (χ3v) is 7.07. The number of hydrogen-bond acceptors (Lipinski definition) is 5. The van der Waals surface area contributed by atoms with Crippen LogP contribution >= 0.6 is 12.2 Å². The molecule has 8 heteroatoms. The topological polar surface area (TPSA) is 68.6 Å². The lowest BCUT2D eigenvalue weighted by molar-refractivity contribution is 0.0600. The molecule has 1 saturated heterocycles. The Morgan fingerprint density at radius 1 is 1.00 bits per heavy atom. The van der Waals surface area contributed by atoms with E-state index in [4.69, 9.17) is 21.7 Å². The van der Waals surface area contributed by atoms with Gasteiger partial charge >= 0.3 is 5.97 Å². The second-order valence-corrected chi connectivity index (χ2v) is 9.26. The van der Waals surface area contributed by atoms with Gasteiger partial charge in [-0.2, -0.15) is 0 Å². The van der Waals surface area contributed by atoms with Crippen molar-refractivity contribution in [3.63, 3.8) is 0 Å². The number of carbonyl (C=O) groups is 1. The van der Waals surface area contributed by atoms with Crippen LogP contribution in [0.25, 0.3) is 5.69 Å². The number of para-hydroxylation sites is 2. The van der Waals surface area contributed by atoms with E-state index in [1.165, 1.54) is 7.11 Å². The fourth-order valence-corrected chi connectivity index (χ4v) is 5.47. The molecule has 0 bridgehead atoms. The van der Waals surface area contributed by atoms with Gasteiger partial charge in [-0.15, -0.1) is 0 Å². The van der Waals surface area contributed by atoms with Crippen molar-refractivity contribution in [1.29, 1.82) is 0 Å². The second kappa shape index (κ2) is 10.1. The minimum Gasteiger partial charge on any atom is -0.495 e. The Kier molecular flexibility index (Phi) is 6.67. The number of rotatable bonds is 6. The molecule has 37 heavy (non-hydrogen) atoms. The summed E-state index contributed by atoms with van der Waals surface area (Å²) in [5.41, 5.74) is 6.32. The number of thiocarbonyl (C=S) groups is 1. The Balaban J connectivity index is 1.68. The lowest BCUT2D eigenvalue weighted by Crippen LogP contribution is -2.30. The van der Waals surface area contributed by atoms with E-state index in [1.807, 2.05) is 60.7 Å². The monoisotopic (exact) mass is 512 g/mol. The second-order valence-electron chi connectivity index (χ2n) is 8.87. The van der Waals surface area contributed by atoms with Gasteiger partial charge in [-0.05, 0) is 80.2 Å². The number of ether oxygens (including phenoxy) is 2. The summed E-state index contributed by atoms with van der Waals surface area (Å²) >= 11 is 5.89. The number of hydrogen-bond donors (Lipinski definition) is 1. The minimum atomic E-state index is -0.368. The van der Waals surface area contributed by atoms with Gasteiger partial charge in [0.15, 0.2) is 5.11 Å². The van der Waals surface area contributed by atoms with E-state index in [-0.39, 0.29) is 18.1 Å². The molecule has 1 N–H and O–H groups in total. The van der Waals surface area contributed by atoms with Gasteiger partial charge in [0, 0.05) is 23.3 Å². The van der Waals surface area contributed by atoms with Crippen molar-refractivity contribution in [2.45, 2.75) is 25.9 Å². The van der Waals surface area contributed by atoms with E-state index in [9.17, 15) is 4.79 Å². The van der Waals surface area contributed by atoms with E-state index < -0.39 is 0 Å². The highest BCUT2D eigenvalue weighted by Crippen LogP contribution is 2.46. The molecule has 2 aromatic carbocycles. The number of benzene rings is 2. The largest absolute Gasteiger partial charge is 0.495 e. The Morgan fingerprint density at radius 3 is 2.51 bits per heavy atom. The number of pyridine rings is 1. The molecule has 0 unspecified atom stereocenters. The van der Waals surface area contributed by atoms with Crippen LogP contribution in [-0.4, -0.2) is 34.9 Å². The fourth-order valence-electron chi connectivity index (χ4n) is 5.13. The normalized spacial score (nSPS) is 17.0. The maximum atomic E-state index is 12.2. The number of nitrogens with one attached hydrogen (secondary N) is 1. The average molecular weight is 513 g/mol. The molecule has 188 valence electrons. The molecule has 3 heterocycles. The van der Waals surface area contributed by atoms with Crippen molar-refractivity contribution in [1.82, 2.24) is 14.9 Å². The highest BCUT2D eigenvalue weighted by atomic mass is 32.1. The van der Waals surface area contributed by atoms with Crippen molar-refractivity contribution >= 4 is 29.0 Å². The van der Waals surface area contributed by atoms with Crippen molar-refractivity contribution < 1.29 is 14.3 Å². The molecule has 5 rings (SSSR count). The molecular weight excluding hydrogens is 484 g/mol. The van der Waals surface area contributed by atoms with Crippen LogP contribution in [0, 0.1) is 13.8 Å². The average Bonchev–Trinajstić information content (AvgIpc) is 3.43. The van der Waals surface area contributed by atoms with Crippen molar-refractivity contribution in [3.05, 3.63) is 107 Å². The van der Waals surface area contributed by atoms with Crippen molar-refractivity contribution in [2.24, 2.45) is 0 Å². The van der Waals surface area contributed by atoms with Gasteiger partial charge in [0.25, 0.3) is 0 Å². The zero-order valence-electron chi connectivity index (χ0n) is 21.1. The van der Waals surface area contributed by atoms with Crippen LogP contribution in [0.2, 0.25) is 0 Å². The summed E-state index contributed by atoms with van der Waals surface area (Å²) in [7, 11) is 3.05. The van der Waals surface area contributed by atoms with Gasteiger partial charge in [0.05, 0.1) is 43.2 Å². The quantitative estimate of drug-likeness (QED) is 0.272. The SMILES string of the molecule is COC(=O)c1cccc(-n2c(C)cc([C@H]3[C@@H](c4ccccn4)NC(=S)N3c3ccccc3OC)c2C)c1. The molecule has 0 radical (unpaired) electrons. The highest BCUT2D eigenvalue weighted by Gasteiger charge is 2.43. The van der Waals surface area contributed by atoms with E-state index in [0.29, 0.717) is 10.7 Å². The maximum Gasteiger partial charge on any atom is 0.337 e. The van der Waals surface area contributed by atoms with Gasteiger partial charge in [0.2, 0.25) is 0 Å². The fraction of sp³-hybridized carbons (Fsp3) is 0.207. The highest BCUT2D eigenvalue weighted by molar-refractivity contribution is 7.80. The van der Waals surface area contributed by atoms with Crippen LogP contribution in [0.15, 0.2) is 79.0 Å². The lowest BCUT2D eigenvalue weighted by Gasteiger charge is -2.29. The molecular formula is C29H28N4O3S. The standard InChI is InChI=1S/C29H28N4O3S/c1-18-16-22(19(2)32(18)21-11-9-10-20(17-21)28(34)36-4)27-26(23-12-7-8-15-30-23)31-29(37)33(27)24-13-5-6-14-25(24)35-3/h5-17,26-27H,1-4H3,(H,31,37)/t26-,27+/m1/s1. The first-order chi connectivity index (χ1) is 17.9.